The van der Waals surface area contributed by atoms with E-state index in [4.69, 9.17) is 11.6 Å². The molecule has 0 atom stereocenters. The summed E-state index contributed by atoms with van der Waals surface area (Å²) in [4.78, 5) is 14.8. The number of aryl methyl sites for hydroxylation is 1. The van der Waals surface area contributed by atoms with Gasteiger partial charge >= 0.3 is 0 Å². The zero-order valence-corrected chi connectivity index (χ0v) is 10.3. The van der Waals surface area contributed by atoms with Crippen LogP contribution < -0.4 is 5.43 Å². The number of pyridine rings is 1. The van der Waals surface area contributed by atoms with E-state index in [-0.39, 0.29) is 5.43 Å². The molecule has 0 unspecified atom stereocenters. The first-order chi connectivity index (χ1) is 6.61. The molecule has 1 aromatic heterocycles. The summed E-state index contributed by atoms with van der Waals surface area (Å²) < 4.78 is 0.692. The number of benzene rings is 1. The molecular formula is C10H7ClINO. The highest BCUT2D eigenvalue weighted by atomic mass is 127. The SMILES string of the molecule is Cc1c(Cl)ccc2c(=O)c(I)c[nH]c12. The first-order valence-corrected chi connectivity index (χ1v) is 5.53. The number of H-pyrrole nitrogens is 1. The Kier molecular flexibility index (Phi) is 2.53. The molecule has 0 aliphatic heterocycles. The van der Waals surface area contributed by atoms with Gasteiger partial charge in [0, 0.05) is 16.6 Å². The van der Waals surface area contributed by atoms with Gasteiger partial charge in [-0.15, -0.1) is 0 Å². The fourth-order valence-electron chi connectivity index (χ4n) is 1.39. The molecular weight excluding hydrogens is 312 g/mol. The molecule has 0 bridgehead atoms. The fourth-order valence-corrected chi connectivity index (χ4v) is 1.99. The second-order valence-electron chi connectivity index (χ2n) is 3.06. The van der Waals surface area contributed by atoms with Crippen LogP contribution in [0.1, 0.15) is 5.56 Å². The maximum absolute atomic E-state index is 11.7. The van der Waals surface area contributed by atoms with Gasteiger partial charge in [0.1, 0.15) is 0 Å². The Bertz CT molecular complexity index is 562. The number of rotatable bonds is 0. The molecule has 72 valence electrons. The molecule has 0 fully saturated rings. The summed E-state index contributed by atoms with van der Waals surface area (Å²) in [5.41, 5.74) is 1.79. The molecule has 1 N–H and O–H groups in total. The molecule has 0 spiro atoms. The molecule has 0 saturated heterocycles. The zero-order valence-electron chi connectivity index (χ0n) is 7.40. The number of aromatic nitrogens is 1. The lowest BCUT2D eigenvalue weighted by atomic mass is 10.1. The van der Waals surface area contributed by atoms with Crippen LogP contribution in [0.15, 0.2) is 23.1 Å². The molecule has 2 nitrogen and oxygen atoms in total. The second-order valence-corrected chi connectivity index (χ2v) is 4.63. The van der Waals surface area contributed by atoms with Crippen LogP contribution in [0.3, 0.4) is 0 Å². The number of nitrogens with one attached hydrogen (secondary N) is 1. The van der Waals surface area contributed by atoms with Crippen molar-refractivity contribution in [3.63, 3.8) is 0 Å². The van der Waals surface area contributed by atoms with E-state index in [1.165, 1.54) is 0 Å². The van der Waals surface area contributed by atoms with Gasteiger partial charge in [-0.2, -0.15) is 0 Å². The Morgan fingerprint density at radius 3 is 2.86 bits per heavy atom. The van der Waals surface area contributed by atoms with Crippen molar-refractivity contribution in [3.05, 3.63) is 42.7 Å². The van der Waals surface area contributed by atoms with Gasteiger partial charge in [0.05, 0.1) is 9.09 Å². The quantitative estimate of drug-likeness (QED) is 0.744. The van der Waals surface area contributed by atoms with Crippen molar-refractivity contribution >= 4 is 45.1 Å². The number of fused-ring (bicyclic) bond motifs is 1. The van der Waals surface area contributed by atoms with Gasteiger partial charge in [0.2, 0.25) is 5.43 Å². The normalized spacial score (nSPS) is 10.8. The minimum Gasteiger partial charge on any atom is -0.360 e. The third-order valence-corrected chi connectivity index (χ3v) is 3.41. The summed E-state index contributed by atoms with van der Waals surface area (Å²) in [6.45, 7) is 1.90. The maximum atomic E-state index is 11.7. The fraction of sp³-hybridized carbons (Fsp3) is 0.100. The standard InChI is InChI=1S/C10H7ClINO/c1-5-7(11)3-2-6-9(5)13-4-8(12)10(6)14/h2-4H,1H3,(H,13,14). The van der Waals surface area contributed by atoms with E-state index >= 15 is 0 Å². The van der Waals surface area contributed by atoms with Crippen molar-refractivity contribution in [2.75, 3.05) is 0 Å². The highest BCUT2D eigenvalue weighted by molar-refractivity contribution is 14.1. The first-order valence-electron chi connectivity index (χ1n) is 4.07. The third kappa shape index (κ3) is 1.44. The molecule has 0 amide bonds. The molecule has 0 radical (unpaired) electrons. The van der Waals surface area contributed by atoms with Gasteiger partial charge in [-0.1, -0.05) is 11.6 Å². The van der Waals surface area contributed by atoms with Crippen LogP contribution >= 0.6 is 34.2 Å². The molecule has 0 aliphatic rings. The lowest BCUT2D eigenvalue weighted by molar-refractivity contribution is 1.33. The lowest BCUT2D eigenvalue weighted by Gasteiger charge is -2.03. The van der Waals surface area contributed by atoms with E-state index in [2.05, 4.69) is 4.98 Å². The van der Waals surface area contributed by atoms with Crippen LogP contribution in [-0.2, 0) is 0 Å². The van der Waals surface area contributed by atoms with Crippen molar-refractivity contribution in [1.29, 1.82) is 0 Å². The van der Waals surface area contributed by atoms with Crippen molar-refractivity contribution in [3.8, 4) is 0 Å². The predicted molar refractivity (Wildman–Crippen MR) is 67.0 cm³/mol. The van der Waals surface area contributed by atoms with Crippen LogP contribution in [0.4, 0.5) is 0 Å². The zero-order chi connectivity index (χ0) is 10.3. The first kappa shape index (κ1) is 9.98. The molecule has 14 heavy (non-hydrogen) atoms. The lowest BCUT2D eigenvalue weighted by Crippen LogP contribution is -2.06. The van der Waals surface area contributed by atoms with E-state index in [1.807, 2.05) is 29.5 Å². The van der Waals surface area contributed by atoms with Gasteiger partial charge in [0.15, 0.2) is 0 Å². The predicted octanol–water partition coefficient (Wildman–Crippen LogP) is 3.09. The Morgan fingerprint density at radius 2 is 2.14 bits per heavy atom. The van der Waals surface area contributed by atoms with Gasteiger partial charge < -0.3 is 4.98 Å². The Hall–Kier alpha value is -0.550. The smallest absolute Gasteiger partial charge is 0.202 e. The monoisotopic (exact) mass is 319 g/mol. The van der Waals surface area contributed by atoms with Crippen molar-refractivity contribution in [2.24, 2.45) is 0 Å². The van der Waals surface area contributed by atoms with E-state index in [0.29, 0.717) is 14.0 Å². The minimum atomic E-state index is 0.0547. The van der Waals surface area contributed by atoms with Gasteiger partial charge in [-0.05, 0) is 47.2 Å². The van der Waals surface area contributed by atoms with Crippen LogP contribution in [0, 0.1) is 10.5 Å². The molecule has 1 heterocycles. The van der Waals surface area contributed by atoms with Crippen molar-refractivity contribution in [2.45, 2.75) is 6.92 Å². The summed E-state index contributed by atoms with van der Waals surface area (Å²) in [6.07, 6.45) is 1.70. The van der Waals surface area contributed by atoms with E-state index in [0.717, 1.165) is 11.1 Å². The van der Waals surface area contributed by atoms with Gasteiger partial charge in [-0.3, -0.25) is 4.79 Å². The summed E-state index contributed by atoms with van der Waals surface area (Å²) in [6, 6.07) is 3.51. The maximum Gasteiger partial charge on any atom is 0.202 e. The number of hydrogen-bond acceptors (Lipinski definition) is 1. The van der Waals surface area contributed by atoms with Gasteiger partial charge in [-0.25, -0.2) is 0 Å². The molecule has 0 saturated carbocycles. The summed E-state index contributed by atoms with van der Waals surface area (Å²) in [5.74, 6) is 0. The van der Waals surface area contributed by atoms with E-state index in [1.54, 1.807) is 18.3 Å². The number of aromatic amines is 1. The highest BCUT2D eigenvalue weighted by Crippen LogP contribution is 2.21. The van der Waals surface area contributed by atoms with Crippen LogP contribution in [0.2, 0.25) is 5.02 Å². The van der Waals surface area contributed by atoms with Crippen LogP contribution in [0.25, 0.3) is 10.9 Å². The average molecular weight is 320 g/mol. The van der Waals surface area contributed by atoms with Crippen molar-refractivity contribution < 1.29 is 0 Å². The minimum absolute atomic E-state index is 0.0547. The molecule has 2 aromatic rings. The summed E-state index contributed by atoms with van der Waals surface area (Å²) in [5, 5.41) is 1.37. The van der Waals surface area contributed by atoms with E-state index in [9.17, 15) is 4.79 Å². The number of hydrogen-bond donors (Lipinski definition) is 1. The average Bonchev–Trinajstić information content (AvgIpc) is 2.17. The molecule has 2 rings (SSSR count). The highest BCUT2D eigenvalue weighted by Gasteiger charge is 2.06. The third-order valence-electron chi connectivity index (χ3n) is 2.20. The second kappa shape index (κ2) is 3.55. The Morgan fingerprint density at radius 1 is 1.43 bits per heavy atom. The summed E-state index contributed by atoms with van der Waals surface area (Å²) >= 11 is 7.97. The van der Waals surface area contributed by atoms with Crippen LogP contribution in [0.5, 0.6) is 0 Å². The van der Waals surface area contributed by atoms with Crippen LogP contribution in [-0.4, -0.2) is 4.98 Å². The van der Waals surface area contributed by atoms with Crippen molar-refractivity contribution in [1.82, 2.24) is 4.98 Å². The van der Waals surface area contributed by atoms with E-state index < -0.39 is 0 Å². The van der Waals surface area contributed by atoms with Gasteiger partial charge in [0.25, 0.3) is 0 Å². The Labute approximate surface area is 99.4 Å². The molecule has 0 aliphatic carbocycles. The Balaban J connectivity index is 3.02. The number of halogens is 2. The topological polar surface area (TPSA) is 32.9 Å². The molecule has 1 aromatic carbocycles. The largest absolute Gasteiger partial charge is 0.360 e. The summed E-state index contributed by atoms with van der Waals surface area (Å²) in [7, 11) is 0. The molecule has 4 heteroatoms.